The first kappa shape index (κ1) is 11.5. The third-order valence-corrected chi connectivity index (χ3v) is 3.26. The molecule has 3 heteroatoms. The second kappa shape index (κ2) is 4.59. The molecular formula is C15H18N2O. The maximum atomic E-state index is 5.73. The minimum absolute atomic E-state index is 0.683. The number of aromatic nitrogens is 1. The first-order valence-electron chi connectivity index (χ1n) is 6.26. The summed E-state index contributed by atoms with van der Waals surface area (Å²) < 4.78 is 8.07. The lowest BCUT2D eigenvalue weighted by Crippen LogP contribution is -2.15. The van der Waals surface area contributed by atoms with Crippen LogP contribution in [0, 0.1) is 0 Å². The van der Waals surface area contributed by atoms with Gasteiger partial charge in [0.15, 0.2) is 0 Å². The Balaban J connectivity index is 2.15. The average Bonchev–Trinajstić information content (AvgIpc) is 2.63. The van der Waals surface area contributed by atoms with Gasteiger partial charge in [0.2, 0.25) is 0 Å². The van der Waals surface area contributed by atoms with E-state index in [1.807, 2.05) is 0 Å². The highest BCUT2D eigenvalue weighted by atomic mass is 16.5. The Morgan fingerprint density at radius 1 is 1.11 bits per heavy atom. The molecule has 0 bridgehead atoms. The lowest BCUT2D eigenvalue weighted by molar-refractivity contribution is 0.108. The molecule has 0 aliphatic carbocycles. The molecule has 0 amide bonds. The molecule has 2 aromatic rings. The predicted molar refractivity (Wildman–Crippen MR) is 71.7 cm³/mol. The van der Waals surface area contributed by atoms with E-state index < -0.39 is 0 Å². The summed E-state index contributed by atoms with van der Waals surface area (Å²) in [6.45, 7) is 2.32. The summed E-state index contributed by atoms with van der Waals surface area (Å²) >= 11 is 0. The van der Waals surface area contributed by atoms with Gasteiger partial charge in [-0.2, -0.15) is 0 Å². The van der Waals surface area contributed by atoms with E-state index in [2.05, 4.69) is 60.0 Å². The van der Waals surface area contributed by atoms with Crippen molar-refractivity contribution in [2.24, 2.45) is 0 Å². The highest BCUT2D eigenvalue weighted by molar-refractivity contribution is 5.45. The summed E-state index contributed by atoms with van der Waals surface area (Å²) in [4.78, 5) is 2.19. The third kappa shape index (κ3) is 1.96. The number of hydrogen-bond acceptors (Lipinski definition) is 2. The van der Waals surface area contributed by atoms with Crippen LogP contribution in [-0.2, 0) is 24.5 Å². The monoisotopic (exact) mass is 242 g/mol. The molecule has 0 radical (unpaired) electrons. The molecule has 94 valence electrons. The van der Waals surface area contributed by atoms with E-state index >= 15 is 0 Å². The van der Waals surface area contributed by atoms with Gasteiger partial charge in [-0.3, -0.25) is 0 Å². The van der Waals surface area contributed by atoms with E-state index in [1.54, 1.807) is 0 Å². The van der Waals surface area contributed by atoms with Gasteiger partial charge >= 0.3 is 0 Å². The molecule has 0 unspecified atom stereocenters. The van der Waals surface area contributed by atoms with E-state index in [4.69, 9.17) is 4.74 Å². The quantitative estimate of drug-likeness (QED) is 0.805. The van der Waals surface area contributed by atoms with Gasteiger partial charge in [-0.25, -0.2) is 0 Å². The van der Waals surface area contributed by atoms with E-state index in [0.717, 1.165) is 6.54 Å². The highest BCUT2D eigenvalue weighted by Crippen LogP contribution is 2.26. The maximum Gasteiger partial charge on any atom is 0.0876 e. The van der Waals surface area contributed by atoms with Crippen molar-refractivity contribution in [2.75, 3.05) is 14.1 Å². The van der Waals surface area contributed by atoms with Crippen LogP contribution in [0.1, 0.15) is 17.0 Å². The SMILES string of the molecule is CN(C)Cc1ccc2n1-c1ccccc1COC2. The van der Waals surface area contributed by atoms with Crippen molar-refractivity contribution in [1.29, 1.82) is 0 Å². The topological polar surface area (TPSA) is 17.4 Å². The van der Waals surface area contributed by atoms with Crippen LogP contribution in [0.5, 0.6) is 0 Å². The van der Waals surface area contributed by atoms with Gasteiger partial charge in [-0.1, -0.05) is 18.2 Å². The molecule has 3 nitrogen and oxygen atoms in total. The van der Waals surface area contributed by atoms with Gasteiger partial charge in [0.25, 0.3) is 0 Å². The molecule has 0 saturated heterocycles. The molecule has 0 N–H and O–H groups in total. The van der Waals surface area contributed by atoms with E-state index in [9.17, 15) is 0 Å². The Kier molecular flexibility index (Phi) is 2.94. The van der Waals surface area contributed by atoms with Crippen molar-refractivity contribution in [3.8, 4) is 5.69 Å². The second-order valence-corrected chi connectivity index (χ2v) is 5.01. The summed E-state index contributed by atoms with van der Waals surface area (Å²) in [5, 5.41) is 0. The summed E-state index contributed by atoms with van der Waals surface area (Å²) in [6.07, 6.45) is 0. The fourth-order valence-electron chi connectivity index (χ4n) is 2.51. The van der Waals surface area contributed by atoms with E-state index in [0.29, 0.717) is 13.2 Å². The number of nitrogens with zero attached hydrogens (tertiary/aromatic N) is 2. The number of fused-ring (bicyclic) bond motifs is 3. The van der Waals surface area contributed by atoms with Gasteiger partial charge in [0.1, 0.15) is 0 Å². The van der Waals surface area contributed by atoms with Gasteiger partial charge in [0.05, 0.1) is 18.9 Å². The Hall–Kier alpha value is -1.58. The standard InChI is InChI=1S/C15H18N2O/c1-16(2)9-13-7-8-14-11-18-10-12-5-3-4-6-15(12)17(13)14/h3-8H,9-11H2,1-2H3. The van der Waals surface area contributed by atoms with Crippen LogP contribution in [0.3, 0.4) is 0 Å². The Labute approximate surface area is 108 Å². The highest BCUT2D eigenvalue weighted by Gasteiger charge is 2.16. The molecule has 1 aliphatic heterocycles. The molecule has 0 fully saturated rings. The average molecular weight is 242 g/mol. The summed E-state index contributed by atoms with van der Waals surface area (Å²) in [7, 11) is 4.19. The van der Waals surface area contributed by atoms with Crippen molar-refractivity contribution in [1.82, 2.24) is 9.47 Å². The van der Waals surface area contributed by atoms with Gasteiger partial charge in [-0.15, -0.1) is 0 Å². The lowest BCUT2D eigenvalue weighted by atomic mass is 10.2. The minimum atomic E-state index is 0.683. The zero-order valence-corrected chi connectivity index (χ0v) is 10.9. The molecule has 2 heterocycles. The summed E-state index contributed by atoms with van der Waals surface area (Å²) in [5.74, 6) is 0. The van der Waals surface area contributed by atoms with Crippen LogP contribution < -0.4 is 0 Å². The smallest absolute Gasteiger partial charge is 0.0876 e. The third-order valence-electron chi connectivity index (χ3n) is 3.26. The van der Waals surface area contributed by atoms with Crippen LogP contribution in [0.4, 0.5) is 0 Å². The minimum Gasteiger partial charge on any atom is -0.370 e. The lowest BCUT2D eigenvalue weighted by Gasteiger charge is -2.16. The molecule has 1 aliphatic rings. The van der Waals surface area contributed by atoms with Crippen LogP contribution in [-0.4, -0.2) is 23.6 Å². The molecule has 0 atom stereocenters. The fourth-order valence-corrected chi connectivity index (χ4v) is 2.51. The van der Waals surface area contributed by atoms with Crippen LogP contribution in [0.25, 0.3) is 5.69 Å². The largest absolute Gasteiger partial charge is 0.370 e. The van der Waals surface area contributed by atoms with Gasteiger partial charge < -0.3 is 14.2 Å². The van der Waals surface area contributed by atoms with Crippen molar-refractivity contribution >= 4 is 0 Å². The fraction of sp³-hybridized carbons (Fsp3) is 0.333. The normalized spacial score (nSPS) is 14.2. The zero-order valence-electron chi connectivity index (χ0n) is 10.9. The first-order chi connectivity index (χ1) is 8.75. The molecule has 3 rings (SSSR count). The summed E-state index contributed by atoms with van der Waals surface area (Å²) in [6, 6.07) is 12.8. The Bertz CT molecular complexity index is 557. The Morgan fingerprint density at radius 2 is 1.94 bits per heavy atom. The van der Waals surface area contributed by atoms with Crippen LogP contribution >= 0.6 is 0 Å². The van der Waals surface area contributed by atoms with Crippen molar-refractivity contribution < 1.29 is 4.74 Å². The zero-order chi connectivity index (χ0) is 12.5. The molecule has 0 spiro atoms. The van der Waals surface area contributed by atoms with E-state index in [1.165, 1.54) is 22.6 Å². The van der Waals surface area contributed by atoms with Crippen molar-refractivity contribution in [3.63, 3.8) is 0 Å². The number of rotatable bonds is 2. The summed E-state index contributed by atoms with van der Waals surface area (Å²) in [5.41, 5.74) is 5.06. The molecular weight excluding hydrogens is 224 g/mol. The maximum absolute atomic E-state index is 5.73. The van der Waals surface area contributed by atoms with Crippen molar-refractivity contribution in [2.45, 2.75) is 19.8 Å². The van der Waals surface area contributed by atoms with Crippen LogP contribution in [0.2, 0.25) is 0 Å². The van der Waals surface area contributed by atoms with Gasteiger partial charge in [-0.05, 0) is 32.3 Å². The first-order valence-corrected chi connectivity index (χ1v) is 6.26. The molecule has 1 aromatic heterocycles. The van der Waals surface area contributed by atoms with E-state index in [-0.39, 0.29) is 0 Å². The number of ether oxygens (including phenoxy) is 1. The predicted octanol–water partition coefficient (Wildman–Crippen LogP) is 2.57. The van der Waals surface area contributed by atoms with Crippen LogP contribution in [0.15, 0.2) is 36.4 Å². The number of para-hydroxylation sites is 1. The van der Waals surface area contributed by atoms with Gasteiger partial charge in [0, 0.05) is 23.5 Å². The molecule has 18 heavy (non-hydrogen) atoms. The number of benzene rings is 1. The Morgan fingerprint density at radius 3 is 2.78 bits per heavy atom. The molecule has 1 aromatic carbocycles. The second-order valence-electron chi connectivity index (χ2n) is 5.01. The van der Waals surface area contributed by atoms with Crippen molar-refractivity contribution in [3.05, 3.63) is 53.3 Å². The molecule has 0 saturated carbocycles. The number of hydrogen-bond donors (Lipinski definition) is 0.